The third-order valence-electron chi connectivity index (χ3n) is 3.62. The maximum Gasteiger partial charge on any atom is 0.305 e. The van der Waals surface area contributed by atoms with Crippen molar-refractivity contribution in [1.82, 2.24) is 15.8 Å². The lowest BCUT2D eigenvalue weighted by atomic mass is 10.2. The highest BCUT2D eigenvalue weighted by atomic mass is 35.5. The molecule has 0 radical (unpaired) electrons. The number of benzene rings is 1. The third kappa shape index (κ3) is 5.22. The first-order valence-electron chi connectivity index (χ1n) is 7.81. The lowest BCUT2D eigenvalue weighted by Crippen LogP contribution is -2.41. The number of rotatable bonds is 6. The minimum atomic E-state index is -0.552. The number of hydrogen-bond donors (Lipinski definition) is 2. The highest BCUT2D eigenvalue weighted by Crippen LogP contribution is 2.20. The van der Waals surface area contributed by atoms with Crippen molar-refractivity contribution >= 4 is 35.0 Å². The Balaban J connectivity index is 1.94. The SMILES string of the molecule is CCN(CC)Cc1ccc(C(=O)NNC(=O)c2ccc(Cl)cc2Cl)o1. The second kappa shape index (κ2) is 8.89. The predicted octanol–water partition coefficient (Wildman–Crippen LogP) is 3.50. The lowest BCUT2D eigenvalue weighted by Gasteiger charge is -2.15. The van der Waals surface area contributed by atoms with E-state index in [1.165, 1.54) is 18.2 Å². The first kappa shape index (κ1) is 19.3. The fourth-order valence-electron chi connectivity index (χ4n) is 2.17. The van der Waals surface area contributed by atoms with Gasteiger partial charge in [-0.1, -0.05) is 37.0 Å². The summed E-state index contributed by atoms with van der Waals surface area (Å²) in [5.41, 5.74) is 4.79. The van der Waals surface area contributed by atoms with Crippen LogP contribution in [0.5, 0.6) is 0 Å². The normalized spacial score (nSPS) is 10.8. The summed E-state index contributed by atoms with van der Waals surface area (Å²) in [7, 11) is 0. The van der Waals surface area contributed by atoms with E-state index in [9.17, 15) is 9.59 Å². The summed E-state index contributed by atoms with van der Waals surface area (Å²) in [6.07, 6.45) is 0. The van der Waals surface area contributed by atoms with Crippen molar-refractivity contribution < 1.29 is 14.0 Å². The van der Waals surface area contributed by atoms with Crippen LogP contribution >= 0.6 is 23.2 Å². The van der Waals surface area contributed by atoms with Gasteiger partial charge in [0.2, 0.25) is 0 Å². The van der Waals surface area contributed by atoms with Gasteiger partial charge in [0.05, 0.1) is 17.1 Å². The van der Waals surface area contributed by atoms with Crippen LogP contribution in [0, 0.1) is 0 Å². The zero-order valence-corrected chi connectivity index (χ0v) is 15.4. The van der Waals surface area contributed by atoms with E-state index >= 15 is 0 Å². The zero-order chi connectivity index (χ0) is 18.4. The van der Waals surface area contributed by atoms with Crippen LogP contribution in [0.25, 0.3) is 0 Å². The summed E-state index contributed by atoms with van der Waals surface area (Å²) in [5, 5.41) is 0.612. The van der Waals surface area contributed by atoms with Crippen LogP contribution in [-0.2, 0) is 6.54 Å². The molecule has 0 saturated carbocycles. The van der Waals surface area contributed by atoms with Gasteiger partial charge < -0.3 is 4.42 Å². The smallest absolute Gasteiger partial charge is 0.305 e. The van der Waals surface area contributed by atoms with E-state index in [1.807, 2.05) is 0 Å². The molecule has 2 rings (SSSR count). The Labute approximate surface area is 156 Å². The number of furan rings is 1. The van der Waals surface area contributed by atoms with Crippen LogP contribution in [0.3, 0.4) is 0 Å². The second-order valence-corrected chi connectivity index (χ2v) is 6.10. The molecule has 134 valence electrons. The summed E-state index contributed by atoms with van der Waals surface area (Å²) in [6.45, 7) is 6.50. The molecule has 0 unspecified atom stereocenters. The molecule has 1 aromatic heterocycles. The summed E-state index contributed by atoms with van der Waals surface area (Å²) in [6, 6.07) is 7.77. The molecule has 6 nitrogen and oxygen atoms in total. The maximum atomic E-state index is 12.1. The molecule has 0 aliphatic rings. The molecule has 1 heterocycles. The first-order valence-corrected chi connectivity index (χ1v) is 8.57. The highest BCUT2D eigenvalue weighted by molar-refractivity contribution is 6.36. The van der Waals surface area contributed by atoms with E-state index in [-0.39, 0.29) is 16.3 Å². The quantitative estimate of drug-likeness (QED) is 0.748. The number of carbonyl (C=O) groups excluding carboxylic acids is 2. The van der Waals surface area contributed by atoms with Crippen molar-refractivity contribution in [2.45, 2.75) is 20.4 Å². The maximum absolute atomic E-state index is 12.1. The number of nitrogens with zero attached hydrogens (tertiary/aromatic N) is 1. The van der Waals surface area contributed by atoms with Crippen molar-refractivity contribution in [3.05, 3.63) is 57.5 Å². The molecule has 0 aliphatic heterocycles. The molecule has 0 spiro atoms. The third-order valence-corrected chi connectivity index (χ3v) is 4.17. The summed E-state index contributed by atoms with van der Waals surface area (Å²) in [5.74, 6) is -0.306. The molecule has 0 fully saturated rings. The standard InChI is InChI=1S/C17H19Cl2N3O3/c1-3-22(4-2)10-12-6-8-15(25-12)17(24)21-20-16(23)13-7-5-11(18)9-14(13)19/h5-9H,3-4,10H2,1-2H3,(H,20,23)(H,21,24). The van der Waals surface area contributed by atoms with Crippen LogP contribution in [-0.4, -0.2) is 29.8 Å². The van der Waals surface area contributed by atoms with Crippen LogP contribution in [0.4, 0.5) is 0 Å². The molecule has 1 aromatic carbocycles. The van der Waals surface area contributed by atoms with E-state index in [0.717, 1.165) is 13.1 Å². The van der Waals surface area contributed by atoms with Crippen LogP contribution in [0.1, 0.15) is 40.5 Å². The van der Waals surface area contributed by atoms with Gasteiger partial charge in [-0.25, -0.2) is 0 Å². The van der Waals surface area contributed by atoms with Crippen molar-refractivity contribution in [2.75, 3.05) is 13.1 Å². The minimum Gasteiger partial charge on any atom is -0.454 e. The molecule has 2 N–H and O–H groups in total. The fraction of sp³-hybridized carbons (Fsp3) is 0.294. The Bertz CT molecular complexity index is 757. The van der Waals surface area contributed by atoms with E-state index in [2.05, 4.69) is 29.6 Å². The van der Waals surface area contributed by atoms with Crippen molar-refractivity contribution in [1.29, 1.82) is 0 Å². The van der Waals surface area contributed by atoms with Gasteiger partial charge in [0.1, 0.15) is 5.76 Å². The zero-order valence-electron chi connectivity index (χ0n) is 13.9. The first-order chi connectivity index (χ1) is 11.9. The van der Waals surface area contributed by atoms with Gasteiger partial charge in [-0.2, -0.15) is 0 Å². The van der Waals surface area contributed by atoms with Gasteiger partial charge in [-0.05, 0) is 43.4 Å². The van der Waals surface area contributed by atoms with Gasteiger partial charge in [-0.15, -0.1) is 0 Å². The summed E-state index contributed by atoms with van der Waals surface area (Å²) < 4.78 is 5.51. The fourth-order valence-corrected chi connectivity index (χ4v) is 2.66. The topological polar surface area (TPSA) is 74.6 Å². The Kier molecular flexibility index (Phi) is 6.87. The van der Waals surface area contributed by atoms with Crippen molar-refractivity contribution in [3.8, 4) is 0 Å². The van der Waals surface area contributed by atoms with Crippen LogP contribution < -0.4 is 10.9 Å². The summed E-state index contributed by atoms with van der Waals surface area (Å²) in [4.78, 5) is 26.3. The van der Waals surface area contributed by atoms with Gasteiger partial charge in [0.15, 0.2) is 5.76 Å². The van der Waals surface area contributed by atoms with Crippen LogP contribution in [0.15, 0.2) is 34.7 Å². The minimum absolute atomic E-state index is 0.115. The average Bonchev–Trinajstić information content (AvgIpc) is 3.06. The van der Waals surface area contributed by atoms with Crippen molar-refractivity contribution in [2.24, 2.45) is 0 Å². The number of nitrogens with one attached hydrogen (secondary N) is 2. The number of hydrogen-bond acceptors (Lipinski definition) is 4. The largest absolute Gasteiger partial charge is 0.454 e. The molecular formula is C17H19Cl2N3O3. The molecule has 0 bridgehead atoms. The molecule has 25 heavy (non-hydrogen) atoms. The number of amides is 2. The van der Waals surface area contributed by atoms with Gasteiger partial charge in [0, 0.05) is 5.02 Å². The van der Waals surface area contributed by atoms with Gasteiger partial charge >= 0.3 is 5.91 Å². The van der Waals surface area contributed by atoms with Gasteiger partial charge in [0.25, 0.3) is 5.91 Å². The molecule has 0 aliphatic carbocycles. The average molecular weight is 384 g/mol. The number of hydrazine groups is 1. The molecule has 2 amide bonds. The molecule has 2 aromatic rings. The van der Waals surface area contributed by atoms with E-state index in [4.69, 9.17) is 27.6 Å². The van der Waals surface area contributed by atoms with Gasteiger partial charge in [-0.3, -0.25) is 25.3 Å². The monoisotopic (exact) mass is 383 g/mol. The number of halogens is 2. The Hall–Kier alpha value is -2.02. The Morgan fingerprint density at radius 3 is 2.36 bits per heavy atom. The number of carbonyl (C=O) groups is 2. The Morgan fingerprint density at radius 1 is 1.04 bits per heavy atom. The summed E-state index contributed by atoms with van der Waals surface area (Å²) >= 11 is 11.7. The van der Waals surface area contributed by atoms with E-state index in [1.54, 1.807) is 12.1 Å². The van der Waals surface area contributed by atoms with E-state index in [0.29, 0.717) is 17.3 Å². The van der Waals surface area contributed by atoms with Crippen LogP contribution in [0.2, 0.25) is 10.0 Å². The second-order valence-electron chi connectivity index (χ2n) is 5.26. The predicted molar refractivity (Wildman–Crippen MR) is 96.7 cm³/mol. The molecular weight excluding hydrogens is 365 g/mol. The Morgan fingerprint density at radius 2 is 1.72 bits per heavy atom. The van der Waals surface area contributed by atoms with Crippen molar-refractivity contribution in [3.63, 3.8) is 0 Å². The molecule has 0 saturated heterocycles. The molecule has 8 heteroatoms. The lowest BCUT2D eigenvalue weighted by molar-refractivity contribution is 0.0829. The highest BCUT2D eigenvalue weighted by Gasteiger charge is 2.15. The molecule has 0 atom stereocenters. The van der Waals surface area contributed by atoms with E-state index < -0.39 is 11.8 Å².